The van der Waals surface area contributed by atoms with E-state index in [-0.39, 0.29) is 12.4 Å². The maximum Gasteiger partial charge on any atom is 0.387 e. The van der Waals surface area contributed by atoms with Crippen LogP contribution in [0.15, 0.2) is 30.3 Å². The van der Waals surface area contributed by atoms with Gasteiger partial charge in [-0.15, -0.1) is 0 Å². The number of carbonyl (C=O) groups is 2. The fourth-order valence-corrected chi connectivity index (χ4v) is 1.31. The van der Waals surface area contributed by atoms with Crippen LogP contribution in [0.2, 0.25) is 0 Å². The Morgan fingerprint density at radius 2 is 1.86 bits per heavy atom. The zero-order valence-electron chi connectivity index (χ0n) is 11.3. The first-order chi connectivity index (χ1) is 10.0. The molecule has 0 atom stereocenters. The lowest BCUT2D eigenvalue weighted by atomic mass is 10.2. The maximum absolute atomic E-state index is 11.9. The summed E-state index contributed by atoms with van der Waals surface area (Å²) in [5.74, 6) is -1.32. The lowest BCUT2D eigenvalue weighted by Gasteiger charge is -2.04. The second-order valence-corrected chi connectivity index (χ2v) is 3.69. The van der Waals surface area contributed by atoms with Crippen molar-refractivity contribution < 1.29 is 32.6 Å². The molecule has 0 bridgehead atoms. The van der Waals surface area contributed by atoms with Crippen LogP contribution in [0.4, 0.5) is 8.78 Å². The van der Waals surface area contributed by atoms with E-state index in [4.69, 9.17) is 0 Å². The Kier molecular flexibility index (Phi) is 6.86. The molecule has 1 aromatic rings. The van der Waals surface area contributed by atoms with Crippen molar-refractivity contribution in [2.45, 2.75) is 13.5 Å². The molecule has 0 heterocycles. The number of rotatable bonds is 7. The smallest absolute Gasteiger partial charge is 0.387 e. The van der Waals surface area contributed by atoms with Gasteiger partial charge in [-0.25, -0.2) is 9.59 Å². The van der Waals surface area contributed by atoms with Crippen LogP contribution in [0.5, 0.6) is 5.75 Å². The van der Waals surface area contributed by atoms with Gasteiger partial charge in [-0.2, -0.15) is 8.78 Å². The van der Waals surface area contributed by atoms with Gasteiger partial charge in [-0.3, -0.25) is 0 Å². The summed E-state index contributed by atoms with van der Waals surface area (Å²) >= 11 is 0. The quantitative estimate of drug-likeness (QED) is 0.571. The molecule has 5 nitrogen and oxygen atoms in total. The van der Waals surface area contributed by atoms with Crippen molar-refractivity contribution in [1.82, 2.24) is 0 Å². The van der Waals surface area contributed by atoms with Gasteiger partial charge < -0.3 is 14.2 Å². The third-order valence-corrected chi connectivity index (χ3v) is 2.15. The number of hydrogen-bond donors (Lipinski definition) is 0. The lowest BCUT2D eigenvalue weighted by Crippen LogP contribution is -2.15. The highest BCUT2D eigenvalue weighted by atomic mass is 19.3. The van der Waals surface area contributed by atoms with Crippen molar-refractivity contribution in [1.29, 1.82) is 0 Å². The Morgan fingerprint density at radius 1 is 1.19 bits per heavy atom. The molecule has 0 spiro atoms. The van der Waals surface area contributed by atoms with Gasteiger partial charge >= 0.3 is 18.6 Å². The molecule has 0 saturated carbocycles. The van der Waals surface area contributed by atoms with Gasteiger partial charge in [0.15, 0.2) is 6.61 Å². The van der Waals surface area contributed by atoms with E-state index in [0.29, 0.717) is 5.56 Å². The average Bonchev–Trinajstić information content (AvgIpc) is 2.44. The molecule has 114 valence electrons. The highest BCUT2D eigenvalue weighted by molar-refractivity contribution is 5.88. The van der Waals surface area contributed by atoms with E-state index in [0.717, 1.165) is 6.08 Å². The van der Waals surface area contributed by atoms with Crippen LogP contribution >= 0.6 is 0 Å². The van der Waals surface area contributed by atoms with E-state index < -0.39 is 25.2 Å². The predicted octanol–water partition coefficient (Wildman–Crippen LogP) is 2.41. The van der Waals surface area contributed by atoms with E-state index in [9.17, 15) is 18.4 Å². The van der Waals surface area contributed by atoms with E-state index in [1.807, 2.05) is 0 Å². The molecule has 0 unspecified atom stereocenters. The van der Waals surface area contributed by atoms with Crippen LogP contribution in [0.3, 0.4) is 0 Å². The second kappa shape index (κ2) is 8.68. The monoisotopic (exact) mass is 300 g/mol. The van der Waals surface area contributed by atoms with Crippen molar-refractivity contribution in [3.05, 3.63) is 35.9 Å². The number of carbonyl (C=O) groups excluding carboxylic acids is 2. The van der Waals surface area contributed by atoms with Crippen LogP contribution < -0.4 is 4.74 Å². The summed E-state index contributed by atoms with van der Waals surface area (Å²) in [7, 11) is 0. The molecule has 7 heteroatoms. The predicted molar refractivity (Wildman–Crippen MR) is 69.7 cm³/mol. The Hall–Kier alpha value is -2.44. The molecular formula is C14H14F2O5. The molecule has 0 saturated heterocycles. The van der Waals surface area contributed by atoms with E-state index >= 15 is 0 Å². The van der Waals surface area contributed by atoms with Crippen molar-refractivity contribution in [3.8, 4) is 5.75 Å². The van der Waals surface area contributed by atoms with Crippen LogP contribution in [0.1, 0.15) is 12.5 Å². The third-order valence-electron chi connectivity index (χ3n) is 2.15. The molecule has 0 amide bonds. The summed E-state index contributed by atoms with van der Waals surface area (Å²) in [4.78, 5) is 22.2. The minimum Gasteiger partial charge on any atom is -0.463 e. The van der Waals surface area contributed by atoms with E-state index in [1.54, 1.807) is 6.92 Å². The molecule has 0 aliphatic heterocycles. The van der Waals surface area contributed by atoms with Gasteiger partial charge in [0, 0.05) is 6.08 Å². The molecule has 0 aliphatic carbocycles. The van der Waals surface area contributed by atoms with Gasteiger partial charge in [0.05, 0.1) is 6.61 Å². The second-order valence-electron chi connectivity index (χ2n) is 3.69. The Bertz CT molecular complexity index is 497. The van der Waals surface area contributed by atoms with E-state index in [2.05, 4.69) is 14.2 Å². The first kappa shape index (κ1) is 16.6. The molecule has 1 rings (SSSR count). The fraction of sp³-hybridized carbons (Fsp3) is 0.286. The van der Waals surface area contributed by atoms with Gasteiger partial charge in [0.25, 0.3) is 0 Å². The summed E-state index contributed by atoms with van der Waals surface area (Å²) in [5, 5.41) is 0. The summed E-state index contributed by atoms with van der Waals surface area (Å²) in [6, 6.07) is 5.67. The van der Waals surface area contributed by atoms with Crippen molar-refractivity contribution in [2.75, 3.05) is 13.2 Å². The normalized spacial score (nSPS) is 10.7. The largest absolute Gasteiger partial charge is 0.463 e. The Labute approximate surface area is 120 Å². The third kappa shape index (κ3) is 7.05. The molecule has 0 radical (unpaired) electrons. The van der Waals surface area contributed by atoms with Crippen LogP contribution in [0.25, 0.3) is 6.08 Å². The van der Waals surface area contributed by atoms with Crippen LogP contribution in [-0.4, -0.2) is 31.8 Å². The van der Waals surface area contributed by atoms with E-state index in [1.165, 1.54) is 30.3 Å². The zero-order valence-corrected chi connectivity index (χ0v) is 11.3. The topological polar surface area (TPSA) is 61.8 Å². The number of esters is 2. The Balaban J connectivity index is 2.45. The van der Waals surface area contributed by atoms with Crippen LogP contribution in [-0.2, 0) is 19.1 Å². The zero-order chi connectivity index (χ0) is 15.7. The number of alkyl halides is 2. The average molecular weight is 300 g/mol. The SMILES string of the molecule is CCOC(=O)COC(=O)/C=C/c1ccc(OC(F)F)cc1. The molecule has 1 aromatic carbocycles. The first-order valence-corrected chi connectivity index (χ1v) is 6.06. The van der Waals surface area contributed by atoms with Crippen molar-refractivity contribution >= 4 is 18.0 Å². The number of hydrogen-bond acceptors (Lipinski definition) is 5. The molecular weight excluding hydrogens is 286 g/mol. The minimum absolute atomic E-state index is 0.0204. The minimum atomic E-state index is -2.88. The highest BCUT2D eigenvalue weighted by Gasteiger charge is 2.05. The van der Waals surface area contributed by atoms with Crippen LogP contribution in [0, 0.1) is 0 Å². The molecule has 0 aromatic heterocycles. The van der Waals surface area contributed by atoms with Gasteiger partial charge in [0.1, 0.15) is 5.75 Å². The molecule has 0 fully saturated rings. The molecule has 0 N–H and O–H groups in total. The number of benzene rings is 1. The van der Waals surface area contributed by atoms with Gasteiger partial charge in [0.2, 0.25) is 0 Å². The molecule has 0 aliphatic rings. The number of halogens is 2. The number of ether oxygens (including phenoxy) is 3. The Morgan fingerprint density at radius 3 is 2.43 bits per heavy atom. The first-order valence-electron chi connectivity index (χ1n) is 6.06. The summed E-state index contributed by atoms with van der Waals surface area (Å²) < 4.78 is 37.3. The summed E-state index contributed by atoms with van der Waals surface area (Å²) in [6.07, 6.45) is 2.53. The lowest BCUT2D eigenvalue weighted by molar-refractivity contribution is -0.155. The maximum atomic E-state index is 11.9. The summed E-state index contributed by atoms with van der Waals surface area (Å²) in [5.41, 5.74) is 0.588. The van der Waals surface area contributed by atoms with Crippen molar-refractivity contribution in [3.63, 3.8) is 0 Å². The standard InChI is InChI=1S/C14H14F2O5/c1-2-19-13(18)9-20-12(17)8-5-10-3-6-11(7-4-10)21-14(15)16/h3-8,14H,2,9H2,1H3/b8-5+. The molecule has 21 heavy (non-hydrogen) atoms. The van der Waals surface area contributed by atoms with Gasteiger partial charge in [-0.05, 0) is 30.7 Å². The fourth-order valence-electron chi connectivity index (χ4n) is 1.31. The highest BCUT2D eigenvalue weighted by Crippen LogP contribution is 2.15. The van der Waals surface area contributed by atoms with Crippen molar-refractivity contribution in [2.24, 2.45) is 0 Å². The van der Waals surface area contributed by atoms with Gasteiger partial charge in [-0.1, -0.05) is 12.1 Å². The summed E-state index contributed by atoms with van der Waals surface area (Å²) in [6.45, 7) is -1.50.